The van der Waals surface area contributed by atoms with Crippen molar-refractivity contribution in [2.24, 2.45) is 0 Å². The Labute approximate surface area is 129 Å². The van der Waals surface area contributed by atoms with Crippen LogP contribution in [0.15, 0.2) is 17.5 Å². The van der Waals surface area contributed by atoms with E-state index in [1.165, 1.54) is 4.88 Å². The minimum Gasteiger partial charge on any atom is -0.467 e. The molecule has 0 radical (unpaired) electrons. The van der Waals surface area contributed by atoms with Gasteiger partial charge in [-0.15, -0.1) is 11.3 Å². The SMILES string of the molecule is CCCNc1nc(NC(C)Cc2cccs2)nc(OC)n1. The molecule has 0 saturated heterocycles. The number of aromatic nitrogens is 3. The first-order valence-corrected chi connectivity index (χ1v) is 7.92. The molecule has 21 heavy (non-hydrogen) atoms. The monoisotopic (exact) mass is 307 g/mol. The molecule has 2 aromatic rings. The van der Waals surface area contributed by atoms with Crippen LogP contribution in [0.25, 0.3) is 0 Å². The highest BCUT2D eigenvalue weighted by Gasteiger charge is 2.10. The van der Waals surface area contributed by atoms with E-state index in [1.807, 2.05) is 0 Å². The number of nitrogens with zero attached hydrogens (tertiary/aromatic N) is 3. The number of hydrogen-bond acceptors (Lipinski definition) is 7. The van der Waals surface area contributed by atoms with Crippen molar-refractivity contribution in [3.05, 3.63) is 22.4 Å². The maximum atomic E-state index is 5.12. The Morgan fingerprint density at radius 1 is 1.29 bits per heavy atom. The molecular weight excluding hydrogens is 286 g/mol. The van der Waals surface area contributed by atoms with Crippen molar-refractivity contribution < 1.29 is 4.74 Å². The Hall–Kier alpha value is -1.89. The summed E-state index contributed by atoms with van der Waals surface area (Å²) in [5.74, 6) is 1.07. The highest BCUT2D eigenvalue weighted by Crippen LogP contribution is 2.15. The van der Waals surface area contributed by atoms with Crippen molar-refractivity contribution in [2.45, 2.75) is 32.7 Å². The summed E-state index contributed by atoms with van der Waals surface area (Å²) in [7, 11) is 1.55. The minimum absolute atomic E-state index is 0.231. The first-order chi connectivity index (χ1) is 10.2. The standard InChI is InChI=1S/C14H21N5OS/c1-4-7-15-12-17-13(19-14(18-12)20-3)16-10(2)9-11-6-5-8-21-11/h5-6,8,10H,4,7,9H2,1-3H3,(H2,15,16,17,18,19). The van der Waals surface area contributed by atoms with Gasteiger partial charge in [0.05, 0.1) is 7.11 Å². The molecule has 0 spiro atoms. The van der Waals surface area contributed by atoms with Crippen molar-refractivity contribution in [3.63, 3.8) is 0 Å². The summed E-state index contributed by atoms with van der Waals surface area (Å²) in [5, 5.41) is 8.53. The van der Waals surface area contributed by atoms with Crippen LogP contribution in [-0.4, -0.2) is 34.6 Å². The van der Waals surface area contributed by atoms with Crippen molar-refractivity contribution in [3.8, 4) is 6.01 Å². The van der Waals surface area contributed by atoms with Crippen LogP contribution < -0.4 is 15.4 Å². The van der Waals surface area contributed by atoms with Crippen LogP contribution in [0.4, 0.5) is 11.9 Å². The molecule has 6 nitrogen and oxygen atoms in total. The number of ether oxygens (including phenoxy) is 1. The van der Waals surface area contributed by atoms with Crippen molar-refractivity contribution in [1.29, 1.82) is 0 Å². The zero-order chi connectivity index (χ0) is 15.1. The molecule has 0 aliphatic heterocycles. The number of hydrogen-bond donors (Lipinski definition) is 2. The van der Waals surface area contributed by atoms with Crippen LogP contribution in [-0.2, 0) is 6.42 Å². The third kappa shape index (κ3) is 4.86. The molecule has 0 aliphatic rings. The Morgan fingerprint density at radius 3 is 2.76 bits per heavy atom. The molecule has 0 bridgehead atoms. The third-order valence-corrected chi connectivity index (χ3v) is 3.69. The average molecular weight is 307 g/mol. The molecule has 0 amide bonds. The van der Waals surface area contributed by atoms with Crippen LogP contribution >= 0.6 is 11.3 Å². The number of thiophene rings is 1. The summed E-state index contributed by atoms with van der Waals surface area (Å²) in [6, 6.07) is 4.74. The molecule has 2 N–H and O–H groups in total. The molecule has 2 heterocycles. The molecule has 0 saturated carbocycles. The van der Waals surface area contributed by atoms with Gasteiger partial charge >= 0.3 is 6.01 Å². The number of rotatable bonds is 8. The van der Waals surface area contributed by atoms with Crippen molar-refractivity contribution in [2.75, 3.05) is 24.3 Å². The van der Waals surface area contributed by atoms with Crippen LogP contribution in [0.2, 0.25) is 0 Å². The van der Waals surface area contributed by atoms with Gasteiger partial charge in [-0.25, -0.2) is 0 Å². The maximum Gasteiger partial charge on any atom is 0.322 e. The Bertz CT molecular complexity index is 546. The quantitative estimate of drug-likeness (QED) is 0.781. The van der Waals surface area contributed by atoms with Crippen molar-refractivity contribution in [1.82, 2.24) is 15.0 Å². The topological polar surface area (TPSA) is 72.0 Å². The summed E-state index contributed by atoms with van der Waals surface area (Å²) < 4.78 is 5.12. The van der Waals surface area contributed by atoms with E-state index in [0.717, 1.165) is 19.4 Å². The highest BCUT2D eigenvalue weighted by molar-refractivity contribution is 7.09. The smallest absolute Gasteiger partial charge is 0.322 e. The Morgan fingerprint density at radius 2 is 2.10 bits per heavy atom. The molecule has 1 unspecified atom stereocenters. The van der Waals surface area contributed by atoms with Crippen molar-refractivity contribution >= 4 is 23.2 Å². The number of nitrogens with one attached hydrogen (secondary N) is 2. The van der Waals surface area contributed by atoms with E-state index in [2.05, 4.69) is 56.9 Å². The minimum atomic E-state index is 0.231. The molecule has 2 aromatic heterocycles. The lowest BCUT2D eigenvalue weighted by Crippen LogP contribution is -2.20. The van der Waals surface area contributed by atoms with Crippen LogP contribution in [0.3, 0.4) is 0 Å². The molecule has 114 valence electrons. The molecule has 0 fully saturated rings. The Balaban J connectivity index is 2.03. The second-order valence-corrected chi connectivity index (χ2v) is 5.76. The summed E-state index contributed by atoms with van der Waals surface area (Å²) in [4.78, 5) is 14.1. The van der Waals surface area contributed by atoms with Gasteiger partial charge in [0.2, 0.25) is 11.9 Å². The molecule has 0 aromatic carbocycles. The maximum absolute atomic E-state index is 5.12. The van der Waals surface area contributed by atoms with E-state index < -0.39 is 0 Å². The van der Waals surface area contributed by atoms with Gasteiger partial charge in [0, 0.05) is 23.9 Å². The number of anilines is 2. The second kappa shape index (κ2) is 7.78. The first-order valence-electron chi connectivity index (χ1n) is 7.04. The average Bonchev–Trinajstić information content (AvgIpc) is 2.97. The largest absolute Gasteiger partial charge is 0.467 e. The van der Waals surface area contributed by atoms with Gasteiger partial charge in [-0.05, 0) is 24.8 Å². The number of methoxy groups -OCH3 is 1. The van der Waals surface area contributed by atoms with E-state index >= 15 is 0 Å². The van der Waals surface area contributed by atoms with E-state index in [1.54, 1.807) is 18.4 Å². The van der Waals surface area contributed by atoms with Gasteiger partial charge in [-0.3, -0.25) is 0 Å². The van der Waals surface area contributed by atoms with Crippen LogP contribution in [0.1, 0.15) is 25.1 Å². The Kier molecular flexibility index (Phi) is 5.74. The predicted molar refractivity (Wildman–Crippen MR) is 86.3 cm³/mol. The van der Waals surface area contributed by atoms with E-state index in [9.17, 15) is 0 Å². The van der Waals surface area contributed by atoms with Gasteiger partial charge < -0.3 is 15.4 Å². The fourth-order valence-electron chi connectivity index (χ4n) is 1.83. The molecule has 1 atom stereocenters. The third-order valence-electron chi connectivity index (χ3n) is 2.79. The predicted octanol–water partition coefficient (Wildman–Crippen LogP) is 2.81. The van der Waals surface area contributed by atoms with E-state index in [0.29, 0.717) is 17.9 Å². The fraction of sp³-hybridized carbons (Fsp3) is 0.500. The molecule has 0 aliphatic carbocycles. The summed E-state index contributed by atoms with van der Waals surface area (Å²) in [5.41, 5.74) is 0. The van der Waals surface area contributed by atoms with Gasteiger partial charge in [0.1, 0.15) is 0 Å². The van der Waals surface area contributed by atoms with Gasteiger partial charge in [0.15, 0.2) is 0 Å². The summed E-state index contributed by atoms with van der Waals surface area (Å²) in [6.45, 7) is 5.01. The van der Waals surface area contributed by atoms with Gasteiger partial charge in [0.25, 0.3) is 0 Å². The zero-order valence-electron chi connectivity index (χ0n) is 12.6. The lowest BCUT2D eigenvalue weighted by atomic mass is 10.2. The van der Waals surface area contributed by atoms with Crippen LogP contribution in [0.5, 0.6) is 6.01 Å². The highest BCUT2D eigenvalue weighted by atomic mass is 32.1. The lowest BCUT2D eigenvalue weighted by Gasteiger charge is -2.14. The molecular formula is C14H21N5OS. The summed E-state index contributed by atoms with van der Waals surface area (Å²) >= 11 is 1.75. The van der Waals surface area contributed by atoms with E-state index in [4.69, 9.17) is 4.74 Å². The van der Waals surface area contributed by atoms with Crippen LogP contribution in [0, 0.1) is 0 Å². The van der Waals surface area contributed by atoms with Gasteiger partial charge in [-0.2, -0.15) is 15.0 Å². The fourth-order valence-corrected chi connectivity index (χ4v) is 2.67. The first kappa shape index (κ1) is 15.5. The van der Waals surface area contributed by atoms with E-state index in [-0.39, 0.29) is 6.04 Å². The van der Waals surface area contributed by atoms with Gasteiger partial charge in [-0.1, -0.05) is 13.0 Å². The lowest BCUT2D eigenvalue weighted by molar-refractivity contribution is 0.379. The normalized spacial score (nSPS) is 12.0. The second-order valence-electron chi connectivity index (χ2n) is 4.72. The summed E-state index contributed by atoms with van der Waals surface area (Å²) in [6.07, 6.45) is 1.94. The molecule has 2 rings (SSSR count). The molecule has 7 heteroatoms. The zero-order valence-corrected chi connectivity index (χ0v) is 13.4.